The van der Waals surface area contributed by atoms with E-state index in [-0.39, 0.29) is 0 Å². The van der Waals surface area contributed by atoms with Crippen LogP contribution in [0.25, 0.3) is 5.65 Å². The first-order valence-electron chi connectivity index (χ1n) is 6.95. The molecule has 0 aromatic carbocycles. The third-order valence-electron chi connectivity index (χ3n) is 3.35. The zero-order valence-electron chi connectivity index (χ0n) is 11.3. The van der Waals surface area contributed by atoms with Crippen LogP contribution in [0.1, 0.15) is 24.8 Å². The molecule has 102 valence electrons. The second-order valence-corrected chi connectivity index (χ2v) is 5.25. The average molecular weight is 260 g/mol. The molecule has 0 saturated heterocycles. The summed E-state index contributed by atoms with van der Waals surface area (Å²) in [5, 5.41) is 7.62. The fraction of sp³-hybridized carbons (Fsp3) is 0.571. The third-order valence-corrected chi connectivity index (χ3v) is 3.35. The van der Waals surface area contributed by atoms with E-state index in [4.69, 9.17) is 4.74 Å². The predicted octanol–water partition coefficient (Wildman–Crippen LogP) is 2.27. The molecule has 0 amide bonds. The molecule has 3 rings (SSSR count). The first-order valence-corrected chi connectivity index (χ1v) is 6.95. The van der Waals surface area contributed by atoms with Gasteiger partial charge in [0, 0.05) is 19.8 Å². The van der Waals surface area contributed by atoms with Crippen molar-refractivity contribution in [1.29, 1.82) is 0 Å². The second kappa shape index (κ2) is 5.57. The molecular formula is C14H20N4O. The predicted molar refractivity (Wildman–Crippen MR) is 74.4 cm³/mol. The summed E-state index contributed by atoms with van der Waals surface area (Å²) in [6.07, 6.45) is 5.30. The van der Waals surface area contributed by atoms with Crippen LogP contribution in [0.2, 0.25) is 0 Å². The van der Waals surface area contributed by atoms with E-state index < -0.39 is 0 Å². The number of anilines is 1. The minimum absolute atomic E-state index is 0.829. The number of ether oxygens (including phenoxy) is 1. The number of nitrogens with one attached hydrogen (secondary N) is 1. The van der Waals surface area contributed by atoms with E-state index in [9.17, 15) is 0 Å². The zero-order valence-corrected chi connectivity index (χ0v) is 11.3. The number of hydrogen-bond acceptors (Lipinski definition) is 4. The molecule has 5 nitrogen and oxygen atoms in total. The van der Waals surface area contributed by atoms with Crippen LogP contribution in [0.5, 0.6) is 0 Å². The van der Waals surface area contributed by atoms with Gasteiger partial charge in [-0.15, -0.1) is 0 Å². The zero-order chi connectivity index (χ0) is 13.1. The first-order chi connectivity index (χ1) is 9.33. The minimum atomic E-state index is 0.829. The molecule has 0 radical (unpaired) electrons. The van der Waals surface area contributed by atoms with Crippen molar-refractivity contribution >= 4 is 11.5 Å². The summed E-state index contributed by atoms with van der Waals surface area (Å²) in [6.45, 7) is 4.73. The lowest BCUT2D eigenvalue weighted by Crippen LogP contribution is -2.10. The summed E-state index contributed by atoms with van der Waals surface area (Å²) in [7, 11) is 0. The molecule has 1 N–H and O–H groups in total. The normalized spacial score (nSPS) is 15.0. The molecule has 0 atom stereocenters. The fourth-order valence-electron chi connectivity index (χ4n) is 2.11. The number of fused-ring (bicyclic) bond motifs is 1. The number of nitrogens with zero attached hydrogens (tertiary/aromatic N) is 3. The van der Waals surface area contributed by atoms with Crippen molar-refractivity contribution in [2.75, 3.05) is 25.1 Å². The molecule has 5 heteroatoms. The standard InChI is InChI=1S/C14H20N4O/c1-11-7-13(18-14(8-11)16-10-17-18)15-5-2-6-19-9-12-3-4-12/h7-8,10,12,15H,2-6,9H2,1H3. The lowest BCUT2D eigenvalue weighted by Gasteiger charge is -2.09. The van der Waals surface area contributed by atoms with Crippen molar-refractivity contribution in [3.63, 3.8) is 0 Å². The molecule has 1 aliphatic rings. The van der Waals surface area contributed by atoms with Crippen LogP contribution in [0, 0.1) is 12.8 Å². The van der Waals surface area contributed by atoms with Gasteiger partial charge in [-0.25, -0.2) is 4.98 Å². The van der Waals surface area contributed by atoms with Gasteiger partial charge in [0.2, 0.25) is 0 Å². The molecular weight excluding hydrogens is 240 g/mol. The number of aromatic nitrogens is 3. The van der Waals surface area contributed by atoms with Crippen molar-refractivity contribution in [3.8, 4) is 0 Å². The largest absolute Gasteiger partial charge is 0.381 e. The van der Waals surface area contributed by atoms with E-state index in [1.54, 1.807) is 6.33 Å². The van der Waals surface area contributed by atoms with Crippen LogP contribution in [0.4, 0.5) is 5.82 Å². The molecule has 0 aliphatic heterocycles. The van der Waals surface area contributed by atoms with Gasteiger partial charge in [0.25, 0.3) is 0 Å². The van der Waals surface area contributed by atoms with E-state index in [2.05, 4.69) is 28.4 Å². The Morgan fingerprint density at radius 3 is 3.16 bits per heavy atom. The molecule has 0 spiro atoms. The lowest BCUT2D eigenvalue weighted by molar-refractivity contribution is 0.124. The van der Waals surface area contributed by atoms with Gasteiger partial charge >= 0.3 is 0 Å². The lowest BCUT2D eigenvalue weighted by atomic mass is 10.3. The van der Waals surface area contributed by atoms with E-state index in [1.165, 1.54) is 18.4 Å². The van der Waals surface area contributed by atoms with Gasteiger partial charge in [0.15, 0.2) is 5.65 Å². The van der Waals surface area contributed by atoms with Gasteiger partial charge in [-0.2, -0.15) is 9.61 Å². The molecule has 1 fully saturated rings. The van der Waals surface area contributed by atoms with Crippen molar-refractivity contribution in [2.24, 2.45) is 5.92 Å². The highest BCUT2D eigenvalue weighted by molar-refractivity contribution is 5.51. The number of aryl methyl sites for hydroxylation is 1. The van der Waals surface area contributed by atoms with Crippen LogP contribution < -0.4 is 5.32 Å². The highest BCUT2D eigenvalue weighted by Crippen LogP contribution is 2.28. The average Bonchev–Trinajstić information content (AvgIpc) is 3.09. The van der Waals surface area contributed by atoms with Crippen molar-refractivity contribution in [3.05, 3.63) is 24.0 Å². The Hall–Kier alpha value is -1.62. The quantitative estimate of drug-likeness (QED) is 0.776. The van der Waals surface area contributed by atoms with Crippen molar-refractivity contribution in [2.45, 2.75) is 26.2 Å². The SMILES string of the molecule is Cc1cc(NCCCOCC2CC2)n2ncnc2c1. The van der Waals surface area contributed by atoms with E-state index in [1.807, 2.05) is 10.6 Å². The maximum atomic E-state index is 5.62. The van der Waals surface area contributed by atoms with Gasteiger partial charge in [0.1, 0.15) is 12.1 Å². The summed E-state index contributed by atoms with van der Waals surface area (Å²) in [5.74, 6) is 1.84. The Morgan fingerprint density at radius 2 is 2.32 bits per heavy atom. The Bertz CT molecular complexity index is 547. The molecule has 2 aromatic heterocycles. The Balaban J connectivity index is 1.48. The van der Waals surface area contributed by atoms with Gasteiger partial charge in [-0.05, 0) is 49.8 Å². The maximum absolute atomic E-state index is 5.62. The minimum Gasteiger partial charge on any atom is -0.381 e. The first kappa shape index (κ1) is 12.4. The van der Waals surface area contributed by atoms with Crippen LogP contribution in [0.15, 0.2) is 18.5 Å². The number of pyridine rings is 1. The van der Waals surface area contributed by atoms with Crippen molar-refractivity contribution < 1.29 is 4.74 Å². The van der Waals surface area contributed by atoms with Gasteiger partial charge in [0.05, 0.1) is 0 Å². The molecule has 0 unspecified atom stereocenters. The Morgan fingerprint density at radius 1 is 1.42 bits per heavy atom. The summed E-state index contributed by atoms with van der Waals surface area (Å²) < 4.78 is 7.45. The summed E-state index contributed by atoms with van der Waals surface area (Å²) in [4.78, 5) is 4.21. The molecule has 2 heterocycles. The summed E-state index contributed by atoms with van der Waals surface area (Å²) >= 11 is 0. The molecule has 1 aliphatic carbocycles. The number of rotatable bonds is 7. The summed E-state index contributed by atoms with van der Waals surface area (Å²) in [5.41, 5.74) is 2.07. The number of hydrogen-bond donors (Lipinski definition) is 1. The van der Waals surface area contributed by atoms with E-state index in [0.717, 1.165) is 43.6 Å². The molecule has 1 saturated carbocycles. The maximum Gasteiger partial charge on any atom is 0.157 e. The van der Waals surface area contributed by atoms with Crippen LogP contribution in [0.3, 0.4) is 0 Å². The van der Waals surface area contributed by atoms with Crippen LogP contribution in [-0.4, -0.2) is 34.4 Å². The molecule has 19 heavy (non-hydrogen) atoms. The highest BCUT2D eigenvalue weighted by atomic mass is 16.5. The van der Waals surface area contributed by atoms with Crippen LogP contribution >= 0.6 is 0 Å². The highest BCUT2D eigenvalue weighted by Gasteiger charge is 2.20. The second-order valence-electron chi connectivity index (χ2n) is 5.25. The monoisotopic (exact) mass is 260 g/mol. The Kier molecular flexibility index (Phi) is 3.64. The van der Waals surface area contributed by atoms with Gasteiger partial charge in [-0.3, -0.25) is 0 Å². The molecule has 0 bridgehead atoms. The molecule has 2 aromatic rings. The fourth-order valence-corrected chi connectivity index (χ4v) is 2.11. The van der Waals surface area contributed by atoms with Crippen LogP contribution in [-0.2, 0) is 4.74 Å². The summed E-state index contributed by atoms with van der Waals surface area (Å²) in [6, 6.07) is 4.11. The van der Waals surface area contributed by atoms with Gasteiger partial charge < -0.3 is 10.1 Å². The topological polar surface area (TPSA) is 51.5 Å². The van der Waals surface area contributed by atoms with Gasteiger partial charge in [-0.1, -0.05) is 0 Å². The Labute approximate surface area is 113 Å². The van der Waals surface area contributed by atoms with Crippen molar-refractivity contribution in [1.82, 2.24) is 14.6 Å². The third kappa shape index (κ3) is 3.23. The smallest absolute Gasteiger partial charge is 0.157 e. The van der Waals surface area contributed by atoms with E-state index >= 15 is 0 Å². The van der Waals surface area contributed by atoms with E-state index in [0.29, 0.717) is 0 Å².